The molecular formula is C10H21Cl2NO3. The highest BCUT2D eigenvalue weighted by Crippen LogP contribution is 2.28. The van der Waals surface area contributed by atoms with Crippen LogP contribution in [0, 0.1) is 5.92 Å². The molecule has 6 heteroatoms. The number of carboxylic acids is 1. The van der Waals surface area contributed by atoms with Crippen molar-refractivity contribution in [3.05, 3.63) is 0 Å². The standard InChI is InChI=1S/C6H15ClNO.C4H6O2.ClH/c1-8(2,3)5-6(9)4-7;5-4(6)3-1-2-3;/h6,9H,4-5H2,1-3H3;3H,1-2H2,(H,5,6);1H/q+1;;/p-1. The minimum Gasteiger partial charge on any atom is -1.00 e. The molecule has 1 fully saturated rings. The van der Waals surface area contributed by atoms with Crippen molar-refractivity contribution in [2.75, 3.05) is 33.6 Å². The van der Waals surface area contributed by atoms with E-state index >= 15 is 0 Å². The number of aliphatic hydroxyl groups is 1. The molecule has 0 aromatic rings. The molecule has 1 saturated carbocycles. The summed E-state index contributed by atoms with van der Waals surface area (Å²) in [5.74, 6) is -0.282. The van der Waals surface area contributed by atoms with Gasteiger partial charge in [-0.3, -0.25) is 4.79 Å². The maximum Gasteiger partial charge on any atom is 0.306 e. The topological polar surface area (TPSA) is 57.5 Å². The first-order valence-electron chi connectivity index (χ1n) is 5.03. The summed E-state index contributed by atoms with van der Waals surface area (Å²) in [5, 5.41) is 17.1. The Kier molecular flexibility index (Phi) is 9.30. The van der Waals surface area contributed by atoms with Crippen LogP contribution in [-0.2, 0) is 4.79 Å². The molecule has 0 bridgehead atoms. The van der Waals surface area contributed by atoms with E-state index in [0.29, 0.717) is 12.4 Å². The molecule has 98 valence electrons. The first kappa shape index (κ1) is 18.3. The number of carboxylic acid groups (broad SMARTS) is 1. The lowest BCUT2D eigenvalue weighted by atomic mass is 10.3. The monoisotopic (exact) mass is 273 g/mol. The van der Waals surface area contributed by atoms with Gasteiger partial charge in [0.05, 0.1) is 32.9 Å². The van der Waals surface area contributed by atoms with Crippen LogP contribution in [0.1, 0.15) is 12.8 Å². The third-order valence-corrected chi connectivity index (χ3v) is 2.22. The molecule has 0 aromatic heterocycles. The van der Waals surface area contributed by atoms with E-state index < -0.39 is 5.97 Å². The van der Waals surface area contributed by atoms with Crippen LogP contribution in [0.5, 0.6) is 0 Å². The lowest BCUT2D eigenvalue weighted by Crippen LogP contribution is -3.00. The Morgan fingerprint density at radius 1 is 1.44 bits per heavy atom. The summed E-state index contributed by atoms with van der Waals surface area (Å²) in [6, 6.07) is 0. The Balaban J connectivity index is 0. The average Bonchev–Trinajstić information content (AvgIpc) is 2.83. The molecule has 0 spiro atoms. The van der Waals surface area contributed by atoms with Gasteiger partial charge >= 0.3 is 5.97 Å². The molecule has 1 aliphatic carbocycles. The molecule has 0 heterocycles. The van der Waals surface area contributed by atoms with Crippen molar-refractivity contribution in [2.45, 2.75) is 18.9 Å². The van der Waals surface area contributed by atoms with Crippen LogP contribution in [0.4, 0.5) is 0 Å². The second-order valence-electron chi connectivity index (χ2n) is 4.89. The van der Waals surface area contributed by atoms with Crippen molar-refractivity contribution >= 4 is 17.6 Å². The zero-order chi connectivity index (χ0) is 12.1. The van der Waals surface area contributed by atoms with Gasteiger partial charge in [0.2, 0.25) is 0 Å². The highest BCUT2D eigenvalue weighted by atomic mass is 35.5. The molecule has 0 amide bonds. The fourth-order valence-corrected chi connectivity index (χ4v) is 1.11. The van der Waals surface area contributed by atoms with Crippen LogP contribution < -0.4 is 12.4 Å². The van der Waals surface area contributed by atoms with Crippen molar-refractivity contribution in [1.82, 2.24) is 0 Å². The molecule has 4 nitrogen and oxygen atoms in total. The predicted molar refractivity (Wildman–Crippen MR) is 60.0 cm³/mol. The number of carbonyl (C=O) groups is 1. The Morgan fingerprint density at radius 3 is 1.94 bits per heavy atom. The van der Waals surface area contributed by atoms with Gasteiger partial charge in [-0.2, -0.15) is 0 Å². The number of hydrogen-bond donors (Lipinski definition) is 2. The van der Waals surface area contributed by atoms with Gasteiger partial charge in [-0.15, -0.1) is 11.6 Å². The number of rotatable bonds is 4. The number of nitrogens with zero attached hydrogens (tertiary/aromatic N) is 1. The number of quaternary nitrogens is 1. The van der Waals surface area contributed by atoms with Crippen LogP contribution in [0.25, 0.3) is 0 Å². The smallest absolute Gasteiger partial charge is 0.306 e. The lowest BCUT2D eigenvalue weighted by Gasteiger charge is -2.25. The highest BCUT2D eigenvalue weighted by Gasteiger charge is 2.28. The van der Waals surface area contributed by atoms with E-state index in [2.05, 4.69) is 0 Å². The van der Waals surface area contributed by atoms with Gasteiger partial charge in [0.1, 0.15) is 12.6 Å². The Morgan fingerprint density at radius 2 is 1.88 bits per heavy atom. The number of halogens is 2. The third kappa shape index (κ3) is 12.0. The van der Waals surface area contributed by atoms with Crippen LogP contribution in [-0.4, -0.2) is 60.3 Å². The van der Waals surface area contributed by atoms with Crippen molar-refractivity contribution in [2.24, 2.45) is 5.92 Å². The predicted octanol–water partition coefficient (Wildman–Crippen LogP) is -2.22. The van der Waals surface area contributed by atoms with Crippen LogP contribution in [0.2, 0.25) is 0 Å². The molecule has 16 heavy (non-hydrogen) atoms. The summed E-state index contributed by atoms with van der Waals surface area (Å²) in [6.07, 6.45) is 1.43. The second kappa shape index (κ2) is 8.12. The van der Waals surface area contributed by atoms with Gasteiger partial charge in [-0.25, -0.2) is 0 Å². The van der Waals surface area contributed by atoms with E-state index in [-0.39, 0.29) is 24.4 Å². The first-order valence-corrected chi connectivity index (χ1v) is 5.57. The number of likely N-dealkylation sites (N-methyl/N-ethyl adjacent to an activating group) is 1. The van der Waals surface area contributed by atoms with Gasteiger partial charge < -0.3 is 27.1 Å². The van der Waals surface area contributed by atoms with Gasteiger partial charge in [-0.1, -0.05) is 0 Å². The third-order valence-electron chi connectivity index (χ3n) is 1.86. The normalized spacial score (nSPS) is 16.6. The zero-order valence-electron chi connectivity index (χ0n) is 9.99. The number of aliphatic hydroxyl groups excluding tert-OH is 1. The van der Waals surface area contributed by atoms with E-state index in [1.54, 1.807) is 0 Å². The van der Waals surface area contributed by atoms with Crippen LogP contribution in [0.15, 0.2) is 0 Å². The maximum atomic E-state index is 9.76. The van der Waals surface area contributed by atoms with Crippen LogP contribution >= 0.6 is 11.6 Å². The molecule has 0 aromatic carbocycles. The van der Waals surface area contributed by atoms with E-state index in [1.165, 1.54) is 0 Å². The van der Waals surface area contributed by atoms with Crippen molar-refractivity contribution < 1.29 is 31.9 Å². The zero-order valence-corrected chi connectivity index (χ0v) is 11.5. The number of hydrogen-bond acceptors (Lipinski definition) is 2. The Labute approximate surface area is 108 Å². The molecule has 1 aliphatic rings. The summed E-state index contributed by atoms with van der Waals surface area (Å²) in [4.78, 5) is 9.76. The first-order chi connectivity index (χ1) is 6.76. The minimum absolute atomic E-state index is 0. The van der Waals surface area contributed by atoms with Gasteiger partial charge in [0.15, 0.2) is 0 Å². The molecule has 1 unspecified atom stereocenters. The summed E-state index contributed by atoms with van der Waals surface area (Å²) in [7, 11) is 6.07. The number of aliphatic carboxylic acids is 1. The molecule has 0 saturated heterocycles. The largest absolute Gasteiger partial charge is 1.00 e. The van der Waals surface area contributed by atoms with Crippen molar-refractivity contribution in [3.8, 4) is 0 Å². The van der Waals surface area contributed by atoms with Crippen molar-refractivity contribution in [3.63, 3.8) is 0 Å². The molecule has 2 N–H and O–H groups in total. The quantitative estimate of drug-likeness (QED) is 0.451. The second-order valence-corrected chi connectivity index (χ2v) is 5.20. The summed E-state index contributed by atoms with van der Waals surface area (Å²) < 4.78 is 0.758. The summed E-state index contributed by atoms with van der Waals surface area (Å²) in [5.41, 5.74) is 0. The molecule has 0 aliphatic heterocycles. The molecule has 0 radical (unpaired) electrons. The molecular weight excluding hydrogens is 253 g/mol. The Bertz CT molecular complexity index is 203. The summed E-state index contributed by atoms with van der Waals surface area (Å²) >= 11 is 5.40. The van der Waals surface area contributed by atoms with E-state index in [9.17, 15) is 4.79 Å². The van der Waals surface area contributed by atoms with E-state index in [1.807, 2.05) is 21.1 Å². The lowest BCUT2D eigenvalue weighted by molar-refractivity contribution is -0.873. The van der Waals surface area contributed by atoms with E-state index in [4.69, 9.17) is 21.8 Å². The highest BCUT2D eigenvalue weighted by molar-refractivity contribution is 6.18. The van der Waals surface area contributed by atoms with Gasteiger partial charge in [0, 0.05) is 0 Å². The molecule has 1 atom stereocenters. The minimum atomic E-state index is -0.630. The van der Waals surface area contributed by atoms with Crippen molar-refractivity contribution in [1.29, 1.82) is 0 Å². The average molecular weight is 274 g/mol. The van der Waals surface area contributed by atoms with E-state index in [0.717, 1.165) is 17.3 Å². The van der Waals surface area contributed by atoms with Gasteiger partial charge in [-0.05, 0) is 12.8 Å². The summed E-state index contributed by atoms with van der Waals surface area (Å²) in [6.45, 7) is 0.712. The SMILES string of the molecule is C[N+](C)(C)CC(O)CCl.O=C(O)C1CC1.[Cl-]. The molecule has 1 rings (SSSR count). The fourth-order valence-electron chi connectivity index (χ4n) is 1.01. The van der Waals surface area contributed by atoms with Crippen LogP contribution in [0.3, 0.4) is 0 Å². The number of alkyl halides is 1. The Hall–Kier alpha value is -0.0300. The fraction of sp³-hybridized carbons (Fsp3) is 0.900. The maximum absolute atomic E-state index is 9.76. The van der Waals surface area contributed by atoms with Gasteiger partial charge in [0.25, 0.3) is 0 Å².